The van der Waals surface area contributed by atoms with Crippen LogP contribution < -0.4 is 10.7 Å². The van der Waals surface area contributed by atoms with Gasteiger partial charge in [-0.1, -0.05) is 23.5 Å². The molecule has 0 atom stereocenters. The summed E-state index contributed by atoms with van der Waals surface area (Å²) in [6, 6.07) is 12.9. The van der Waals surface area contributed by atoms with Crippen LogP contribution in [0.5, 0.6) is 0 Å². The van der Waals surface area contributed by atoms with Crippen LogP contribution in [0.3, 0.4) is 0 Å². The Labute approximate surface area is 202 Å². The van der Waals surface area contributed by atoms with E-state index < -0.39 is 16.7 Å². The van der Waals surface area contributed by atoms with Crippen molar-refractivity contribution in [2.75, 3.05) is 5.32 Å². The molecule has 0 radical (unpaired) electrons. The first-order chi connectivity index (χ1) is 16.9. The predicted octanol–water partition coefficient (Wildman–Crippen LogP) is 4.83. The molecule has 1 aliphatic rings. The molecule has 0 saturated carbocycles. The molecular weight excluding hydrogens is 470 g/mol. The maximum Gasteiger partial charge on any atom is 0.293 e. The quantitative estimate of drug-likeness (QED) is 0.304. The van der Waals surface area contributed by atoms with E-state index in [1.807, 2.05) is 24.3 Å². The number of rotatable bonds is 5. The number of nitro benzene ring substituents is 1. The largest absolute Gasteiger partial charge is 0.455 e. The lowest BCUT2D eigenvalue weighted by atomic mass is 9.93. The molecule has 11 heteroatoms. The van der Waals surface area contributed by atoms with Crippen LogP contribution in [0.2, 0.25) is 0 Å². The minimum absolute atomic E-state index is 0.101. The molecular formula is C24H19N5O5S. The van der Waals surface area contributed by atoms with Crippen molar-refractivity contribution in [3.05, 3.63) is 86.9 Å². The molecule has 5 rings (SSSR count). The molecule has 0 unspecified atom stereocenters. The summed E-state index contributed by atoms with van der Waals surface area (Å²) < 4.78 is 6.88. The number of nitrogens with one attached hydrogen (secondary N) is 2. The molecule has 4 aromatic rings. The Kier molecular flexibility index (Phi) is 5.83. The third-order valence-electron chi connectivity index (χ3n) is 5.68. The molecule has 1 aliphatic carbocycles. The van der Waals surface area contributed by atoms with Crippen LogP contribution in [0.25, 0.3) is 10.2 Å². The first kappa shape index (κ1) is 22.4. The van der Waals surface area contributed by atoms with E-state index in [4.69, 9.17) is 4.42 Å². The van der Waals surface area contributed by atoms with Gasteiger partial charge in [0.2, 0.25) is 0 Å². The fraction of sp³-hybridized carbons (Fsp3) is 0.167. The van der Waals surface area contributed by atoms with Gasteiger partial charge in [0.1, 0.15) is 5.76 Å². The van der Waals surface area contributed by atoms with Gasteiger partial charge in [-0.3, -0.25) is 25.0 Å². The number of nitrogens with zero attached hydrogens (tertiary/aromatic N) is 3. The SMILES string of the molecule is Cc1c(C(=O)Nc2nc3ccccc3s2)oc2c1/C(=N/NC(=O)c1ccc([N+](=O)[O-])cc1)CCC2. The standard InChI is InChI=1S/C24H19N5O5S/c1-13-20-17(27-28-22(30)14-9-11-15(12-10-14)29(32)33)6-4-7-18(20)34-21(13)23(31)26-24-25-16-5-2-3-8-19(16)35-24/h2-3,5,8-12H,4,6-7H2,1H3,(H,28,30)(H,25,26,31)/b27-17+. The third-order valence-corrected chi connectivity index (χ3v) is 6.63. The van der Waals surface area contributed by atoms with Crippen molar-refractivity contribution in [3.8, 4) is 0 Å². The van der Waals surface area contributed by atoms with Gasteiger partial charge in [-0.15, -0.1) is 0 Å². The lowest BCUT2D eigenvalue weighted by Gasteiger charge is -2.13. The number of para-hydroxylation sites is 1. The number of hydrazone groups is 1. The predicted molar refractivity (Wildman–Crippen MR) is 131 cm³/mol. The zero-order chi connectivity index (χ0) is 24.5. The monoisotopic (exact) mass is 489 g/mol. The Balaban J connectivity index is 1.35. The van der Waals surface area contributed by atoms with E-state index in [1.165, 1.54) is 35.6 Å². The highest BCUT2D eigenvalue weighted by molar-refractivity contribution is 7.22. The van der Waals surface area contributed by atoms with Crippen molar-refractivity contribution in [1.29, 1.82) is 0 Å². The number of aryl methyl sites for hydroxylation is 1. The van der Waals surface area contributed by atoms with Crippen LogP contribution in [-0.2, 0) is 6.42 Å². The van der Waals surface area contributed by atoms with Crippen LogP contribution in [-0.4, -0.2) is 27.4 Å². The average Bonchev–Trinajstić information content (AvgIpc) is 3.43. The molecule has 0 aliphatic heterocycles. The van der Waals surface area contributed by atoms with Crippen LogP contribution >= 0.6 is 11.3 Å². The topological polar surface area (TPSA) is 140 Å². The van der Waals surface area contributed by atoms with Gasteiger partial charge < -0.3 is 4.42 Å². The van der Waals surface area contributed by atoms with Crippen LogP contribution in [0.15, 0.2) is 58.0 Å². The second-order valence-corrected chi connectivity index (χ2v) is 8.98. The summed E-state index contributed by atoms with van der Waals surface area (Å²) in [4.78, 5) is 40.1. The lowest BCUT2D eigenvalue weighted by Crippen LogP contribution is -2.22. The highest BCUT2D eigenvalue weighted by Gasteiger charge is 2.28. The van der Waals surface area contributed by atoms with E-state index in [1.54, 1.807) is 6.92 Å². The molecule has 2 aromatic heterocycles. The number of hydrogen-bond acceptors (Lipinski definition) is 8. The summed E-state index contributed by atoms with van der Waals surface area (Å²) in [5.74, 6) is -0.0585. The van der Waals surface area contributed by atoms with Gasteiger partial charge in [0, 0.05) is 35.2 Å². The number of carbonyl (C=O) groups is 2. The summed E-state index contributed by atoms with van der Waals surface area (Å²) in [5, 5.41) is 18.4. The number of thiazole rings is 1. The van der Waals surface area contributed by atoms with Crippen molar-refractivity contribution >= 4 is 49.9 Å². The summed E-state index contributed by atoms with van der Waals surface area (Å²) in [7, 11) is 0. The number of carbonyl (C=O) groups excluding carboxylic acids is 2. The number of anilines is 1. The number of benzene rings is 2. The van der Waals surface area contributed by atoms with E-state index >= 15 is 0 Å². The van der Waals surface area contributed by atoms with Gasteiger partial charge in [-0.05, 0) is 44.0 Å². The maximum atomic E-state index is 13.0. The Bertz CT molecular complexity index is 1470. The molecule has 176 valence electrons. The number of non-ortho nitro benzene ring substituents is 1. The maximum absolute atomic E-state index is 13.0. The summed E-state index contributed by atoms with van der Waals surface area (Å²) in [6.45, 7) is 1.79. The van der Waals surface area contributed by atoms with Gasteiger partial charge >= 0.3 is 0 Å². The van der Waals surface area contributed by atoms with Gasteiger partial charge in [-0.2, -0.15) is 5.10 Å². The Hall–Kier alpha value is -4.38. The summed E-state index contributed by atoms with van der Waals surface area (Å²) >= 11 is 1.38. The van der Waals surface area contributed by atoms with E-state index in [9.17, 15) is 19.7 Å². The highest BCUT2D eigenvalue weighted by Crippen LogP contribution is 2.31. The van der Waals surface area contributed by atoms with E-state index in [-0.39, 0.29) is 17.0 Å². The highest BCUT2D eigenvalue weighted by atomic mass is 32.1. The number of nitro groups is 1. The molecule has 0 saturated heterocycles. The number of fused-ring (bicyclic) bond motifs is 2. The fourth-order valence-electron chi connectivity index (χ4n) is 3.99. The zero-order valence-electron chi connectivity index (χ0n) is 18.5. The molecule has 0 bridgehead atoms. The second kappa shape index (κ2) is 9.11. The smallest absolute Gasteiger partial charge is 0.293 e. The number of furan rings is 1. The van der Waals surface area contributed by atoms with Gasteiger partial charge in [-0.25, -0.2) is 10.4 Å². The Morgan fingerprint density at radius 1 is 1.11 bits per heavy atom. The van der Waals surface area contributed by atoms with Crippen molar-refractivity contribution in [3.63, 3.8) is 0 Å². The van der Waals surface area contributed by atoms with E-state index in [2.05, 4.69) is 20.8 Å². The molecule has 2 N–H and O–H groups in total. The first-order valence-corrected chi connectivity index (χ1v) is 11.6. The minimum Gasteiger partial charge on any atom is -0.455 e. The molecule has 35 heavy (non-hydrogen) atoms. The molecule has 0 spiro atoms. The molecule has 2 aromatic carbocycles. The lowest BCUT2D eigenvalue weighted by molar-refractivity contribution is -0.384. The Morgan fingerprint density at radius 3 is 2.63 bits per heavy atom. The van der Waals surface area contributed by atoms with Crippen molar-refractivity contribution < 1.29 is 18.9 Å². The zero-order valence-corrected chi connectivity index (χ0v) is 19.3. The second-order valence-electron chi connectivity index (χ2n) is 7.95. The van der Waals surface area contributed by atoms with E-state index in [0.717, 1.165) is 22.2 Å². The van der Waals surface area contributed by atoms with Crippen LogP contribution in [0, 0.1) is 17.0 Å². The molecule has 2 heterocycles. The van der Waals surface area contributed by atoms with Gasteiger partial charge in [0.05, 0.1) is 20.9 Å². The van der Waals surface area contributed by atoms with Crippen LogP contribution in [0.1, 0.15) is 50.6 Å². The Morgan fingerprint density at radius 2 is 1.89 bits per heavy atom. The van der Waals surface area contributed by atoms with Crippen molar-refractivity contribution in [2.45, 2.75) is 26.2 Å². The summed E-state index contributed by atoms with van der Waals surface area (Å²) in [6.07, 6.45) is 2.01. The minimum atomic E-state index is -0.530. The van der Waals surface area contributed by atoms with E-state index in [0.29, 0.717) is 35.0 Å². The number of aromatic nitrogens is 1. The average molecular weight is 490 g/mol. The first-order valence-electron chi connectivity index (χ1n) is 10.8. The molecule has 0 fully saturated rings. The van der Waals surface area contributed by atoms with Crippen molar-refractivity contribution in [1.82, 2.24) is 10.4 Å². The number of amides is 2. The molecule has 2 amide bonds. The third kappa shape index (κ3) is 4.41. The summed E-state index contributed by atoms with van der Waals surface area (Å²) in [5.41, 5.74) is 5.43. The van der Waals surface area contributed by atoms with Crippen LogP contribution in [0.4, 0.5) is 10.8 Å². The van der Waals surface area contributed by atoms with Gasteiger partial charge in [0.25, 0.3) is 17.5 Å². The molecule has 10 nitrogen and oxygen atoms in total. The van der Waals surface area contributed by atoms with Crippen molar-refractivity contribution in [2.24, 2.45) is 5.10 Å². The normalized spacial score (nSPS) is 14.0. The van der Waals surface area contributed by atoms with Gasteiger partial charge in [0.15, 0.2) is 10.9 Å². The fourth-order valence-corrected chi connectivity index (χ4v) is 4.85. The number of hydrogen-bond donors (Lipinski definition) is 2.